The fourth-order valence-electron chi connectivity index (χ4n) is 2.27. The number of nitrogens with zero attached hydrogens (tertiary/aromatic N) is 1. The fraction of sp³-hybridized carbons (Fsp3) is 0.118. The SMILES string of the molecule is CCc1noc(-c2ccc(F)cc2)c1-c1ccccc1. The summed E-state index contributed by atoms with van der Waals surface area (Å²) in [6, 6.07) is 16.3. The summed E-state index contributed by atoms with van der Waals surface area (Å²) in [6.45, 7) is 2.04. The maximum atomic E-state index is 13.1. The number of hydrogen-bond acceptors (Lipinski definition) is 2. The zero-order valence-corrected chi connectivity index (χ0v) is 11.1. The van der Waals surface area contributed by atoms with Gasteiger partial charge in [0.2, 0.25) is 0 Å². The molecule has 1 aromatic heterocycles. The third-order valence-corrected chi connectivity index (χ3v) is 3.27. The Bertz CT molecular complexity index is 702. The van der Waals surface area contributed by atoms with E-state index in [-0.39, 0.29) is 5.82 Å². The minimum atomic E-state index is -0.259. The molecule has 0 saturated heterocycles. The molecule has 0 aliphatic rings. The molecule has 0 amide bonds. The topological polar surface area (TPSA) is 26.0 Å². The van der Waals surface area contributed by atoms with Gasteiger partial charge in [-0.1, -0.05) is 42.4 Å². The molecule has 100 valence electrons. The smallest absolute Gasteiger partial charge is 0.174 e. The van der Waals surface area contributed by atoms with Crippen LogP contribution >= 0.6 is 0 Å². The van der Waals surface area contributed by atoms with Crippen LogP contribution in [0, 0.1) is 5.82 Å². The summed E-state index contributed by atoms with van der Waals surface area (Å²) in [5.41, 5.74) is 3.79. The first-order chi connectivity index (χ1) is 9.79. The third-order valence-electron chi connectivity index (χ3n) is 3.27. The quantitative estimate of drug-likeness (QED) is 0.686. The van der Waals surface area contributed by atoms with Crippen LogP contribution in [0.5, 0.6) is 0 Å². The lowest BCUT2D eigenvalue weighted by atomic mass is 9.99. The van der Waals surface area contributed by atoms with Gasteiger partial charge in [-0.15, -0.1) is 0 Å². The maximum Gasteiger partial charge on any atom is 0.174 e. The van der Waals surface area contributed by atoms with Gasteiger partial charge in [0.1, 0.15) is 5.82 Å². The van der Waals surface area contributed by atoms with Crippen molar-refractivity contribution in [1.29, 1.82) is 0 Å². The molecule has 3 aromatic rings. The van der Waals surface area contributed by atoms with Gasteiger partial charge in [0.25, 0.3) is 0 Å². The molecule has 0 unspecified atom stereocenters. The lowest BCUT2D eigenvalue weighted by Crippen LogP contribution is -1.86. The molecule has 20 heavy (non-hydrogen) atoms. The van der Waals surface area contributed by atoms with Crippen molar-refractivity contribution >= 4 is 0 Å². The Labute approximate surface area is 116 Å². The molecule has 0 saturated carbocycles. The van der Waals surface area contributed by atoms with E-state index in [9.17, 15) is 4.39 Å². The molecular formula is C17H14FNO. The molecule has 1 heterocycles. The van der Waals surface area contributed by atoms with E-state index >= 15 is 0 Å². The lowest BCUT2D eigenvalue weighted by molar-refractivity contribution is 0.424. The first kappa shape index (κ1) is 12.6. The summed E-state index contributed by atoms with van der Waals surface area (Å²) >= 11 is 0. The van der Waals surface area contributed by atoms with Crippen molar-refractivity contribution in [2.45, 2.75) is 13.3 Å². The molecular weight excluding hydrogens is 253 g/mol. The highest BCUT2D eigenvalue weighted by Crippen LogP contribution is 2.35. The second-order valence-corrected chi connectivity index (χ2v) is 4.56. The van der Waals surface area contributed by atoms with Crippen molar-refractivity contribution in [2.75, 3.05) is 0 Å². The van der Waals surface area contributed by atoms with Crippen LogP contribution in [0.1, 0.15) is 12.6 Å². The van der Waals surface area contributed by atoms with Gasteiger partial charge >= 0.3 is 0 Å². The number of halogens is 1. The molecule has 0 aliphatic carbocycles. The van der Waals surface area contributed by atoms with Crippen molar-refractivity contribution in [3.63, 3.8) is 0 Å². The van der Waals surface area contributed by atoms with E-state index in [1.54, 1.807) is 12.1 Å². The van der Waals surface area contributed by atoms with E-state index in [1.807, 2.05) is 37.3 Å². The van der Waals surface area contributed by atoms with Gasteiger partial charge in [0.05, 0.1) is 11.3 Å². The Balaban J connectivity index is 2.17. The van der Waals surface area contributed by atoms with Crippen LogP contribution < -0.4 is 0 Å². The van der Waals surface area contributed by atoms with Gasteiger partial charge in [-0.25, -0.2) is 4.39 Å². The monoisotopic (exact) mass is 267 g/mol. The standard InChI is InChI=1S/C17H14FNO/c1-2-15-16(12-6-4-3-5-7-12)17(20-19-15)13-8-10-14(18)11-9-13/h3-11H,2H2,1H3. The van der Waals surface area contributed by atoms with Crippen LogP contribution in [0.25, 0.3) is 22.5 Å². The first-order valence-electron chi connectivity index (χ1n) is 6.59. The molecule has 0 spiro atoms. The Morgan fingerprint density at radius 1 is 0.950 bits per heavy atom. The predicted octanol–water partition coefficient (Wildman–Crippen LogP) is 4.71. The van der Waals surface area contributed by atoms with Crippen LogP contribution in [0.2, 0.25) is 0 Å². The van der Waals surface area contributed by atoms with Gasteiger partial charge in [0, 0.05) is 5.56 Å². The number of benzene rings is 2. The minimum Gasteiger partial charge on any atom is -0.355 e. The van der Waals surface area contributed by atoms with Gasteiger partial charge in [-0.05, 0) is 36.2 Å². The highest BCUT2D eigenvalue weighted by Gasteiger charge is 2.17. The van der Waals surface area contributed by atoms with Crippen LogP contribution in [0.15, 0.2) is 59.1 Å². The number of aryl methyl sites for hydroxylation is 1. The first-order valence-corrected chi connectivity index (χ1v) is 6.59. The summed E-state index contributed by atoms with van der Waals surface area (Å²) in [4.78, 5) is 0. The molecule has 0 bridgehead atoms. The average molecular weight is 267 g/mol. The summed E-state index contributed by atoms with van der Waals surface area (Å²) in [5.74, 6) is 0.429. The van der Waals surface area contributed by atoms with E-state index in [4.69, 9.17) is 4.52 Å². The predicted molar refractivity (Wildman–Crippen MR) is 76.7 cm³/mol. The Morgan fingerprint density at radius 3 is 2.30 bits per heavy atom. The van der Waals surface area contributed by atoms with Crippen molar-refractivity contribution in [2.24, 2.45) is 0 Å². The zero-order valence-electron chi connectivity index (χ0n) is 11.1. The van der Waals surface area contributed by atoms with Gasteiger partial charge in [-0.2, -0.15) is 0 Å². The van der Waals surface area contributed by atoms with E-state index in [0.29, 0.717) is 5.76 Å². The third kappa shape index (κ3) is 2.23. The molecule has 0 fully saturated rings. The summed E-state index contributed by atoms with van der Waals surface area (Å²) in [5, 5.41) is 4.14. The fourth-order valence-corrected chi connectivity index (χ4v) is 2.27. The number of hydrogen-bond donors (Lipinski definition) is 0. The molecule has 2 aromatic carbocycles. The molecule has 3 rings (SSSR count). The van der Waals surface area contributed by atoms with Crippen molar-refractivity contribution < 1.29 is 8.91 Å². The second kappa shape index (κ2) is 5.29. The highest BCUT2D eigenvalue weighted by atomic mass is 19.1. The lowest BCUT2D eigenvalue weighted by Gasteiger charge is -2.03. The van der Waals surface area contributed by atoms with Crippen molar-refractivity contribution in [3.8, 4) is 22.5 Å². The average Bonchev–Trinajstić information content (AvgIpc) is 2.93. The van der Waals surface area contributed by atoms with Crippen molar-refractivity contribution in [3.05, 3.63) is 66.1 Å². The Hall–Kier alpha value is -2.42. The summed E-state index contributed by atoms with van der Waals surface area (Å²) in [7, 11) is 0. The molecule has 0 radical (unpaired) electrons. The summed E-state index contributed by atoms with van der Waals surface area (Å²) in [6.07, 6.45) is 0.787. The highest BCUT2D eigenvalue weighted by molar-refractivity contribution is 5.81. The Kier molecular flexibility index (Phi) is 3.33. The second-order valence-electron chi connectivity index (χ2n) is 4.56. The summed E-state index contributed by atoms with van der Waals surface area (Å²) < 4.78 is 18.5. The van der Waals surface area contributed by atoms with Crippen LogP contribution in [0.3, 0.4) is 0 Å². The number of rotatable bonds is 3. The van der Waals surface area contributed by atoms with Crippen LogP contribution in [-0.4, -0.2) is 5.16 Å². The Morgan fingerprint density at radius 2 is 1.65 bits per heavy atom. The van der Waals surface area contributed by atoms with E-state index in [2.05, 4.69) is 5.16 Å². The maximum absolute atomic E-state index is 13.1. The normalized spacial score (nSPS) is 10.7. The molecule has 0 atom stereocenters. The number of aromatic nitrogens is 1. The van der Waals surface area contributed by atoms with E-state index in [1.165, 1.54) is 12.1 Å². The van der Waals surface area contributed by atoms with E-state index in [0.717, 1.165) is 28.8 Å². The van der Waals surface area contributed by atoms with Gasteiger partial charge in [0.15, 0.2) is 5.76 Å². The molecule has 3 heteroatoms. The molecule has 2 nitrogen and oxygen atoms in total. The van der Waals surface area contributed by atoms with Crippen molar-refractivity contribution in [1.82, 2.24) is 5.16 Å². The van der Waals surface area contributed by atoms with Gasteiger partial charge < -0.3 is 4.52 Å². The molecule has 0 N–H and O–H groups in total. The molecule has 0 aliphatic heterocycles. The van der Waals surface area contributed by atoms with Gasteiger partial charge in [-0.3, -0.25) is 0 Å². The minimum absolute atomic E-state index is 0.259. The van der Waals surface area contributed by atoms with Crippen LogP contribution in [0.4, 0.5) is 4.39 Å². The van der Waals surface area contributed by atoms with E-state index < -0.39 is 0 Å². The zero-order chi connectivity index (χ0) is 13.9. The van der Waals surface area contributed by atoms with Crippen LogP contribution in [-0.2, 0) is 6.42 Å². The largest absolute Gasteiger partial charge is 0.355 e.